The van der Waals surface area contributed by atoms with Gasteiger partial charge in [0.15, 0.2) is 0 Å². The molecule has 1 aromatic carbocycles. The molecule has 0 spiro atoms. The third-order valence-corrected chi connectivity index (χ3v) is 3.94. The van der Waals surface area contributed by atoms with Crippen LogP contribution in [0.4, 0.5) is 0 Å². The third-order valence-electron chi connectivity index (χ3n) is 3.94. The molecule has 0 bridgehead atoms. The van der Waals surface area contributed by atoms with Crippen molar-refractivity contribution < 1.29 is 9.59 Å². The van der Waals surface area contributed by atoms with Crippen LogP contribution in [0, 0.1) is 0 Å². The highest BCUT2D eigenvalue weighted by Gasteiger charge is 2.25. The van der Waals surface area contributed by atoms with Gasteiger partial charge in [-0.2, -0.15) is 0 Å². The topological polar surface area (TPSA) is 61.4 Å². The second-order valence-electron chi connectivity index (χ2n) is 5.68. The number of nitrogens with one attached hydrogen (secondary N) is 2. The van der Waals surface area contributed by atoms with Crippen LogP contribution in [0.25, 0.3) is 0 Å². The van der Waals surface area contributed by atoms with Gasteiger partial charge >= 0.3 is 0 Å². The molecule has 1 fully saturated rings. The number of hydrogen-bond donors (Lipinski definition) is 2. The fourth-order valence-electron chi connectivity index (χ4n) is 2.73. The lowest BCUT2D eigenvalue weighted by atomic mass is 10.1. The van der Waals surface area contributed by atoms with E-state index in [-0.39, 0.29) is 30.3 Å². The molecule has 2 rings (SSSR count). The minimum Gasteiger partial charge on any atom is -0.348 e. The van der Waals surface area contributed by atoms with Crippen molar-refractivity contribution in [1.29, 1.82) is 0 Å². The van der Waals surface area contributed by atoms with Crippen molar-refractivity contribution in [2.24, 2.45) is 0 Å². The van der Waals surface area contributed by atoms with Crippen LogP contribution in [0.15, 0.2) is 30.3 Å². The fourth-order valence-corrected chi connectivity index (χ4v) is 2.73. The largest absolute Gasteiger partial charge is 0.348 e. The molecule has 2 N–H and O–H groups in total. The van der Waals surface area contributed by atoms with Crippen LogP contribution >= 0.6 is 12.4 Å². The first-order valence-electron chi connectivity index (χ1n) is 7.97. The molecule has 1 aliphatic rings. The van der Waals surface area contributed by atoms with Crippen molar-refractivity contribution in [3.8, 4) is 0 Å². The van der Waals surface area contributed by atoms with Crippen molar-refractivity contribution in [1.82, 2.24) is 15.5 Å². The first kappa shape index (κ1) is 19.5. The van der Waals surface area contributed by atoms with Gasteiger partial charge in [0, 0.05) is 25.9 Å². The number of rotatable bonds is 8. The highest BCUT2D eigenvalue weighted by Crippen LogP contribution is 2.18. The lowest BCUT2D eigenvalue weighted by molar-refractivity contribution is -0.129. The zero-order valence-corrected chi connectivity index (χ0v) is 14.4. The molecule has 0 saturated carbocycles. The summed E-state index contributed by atoms with van der Waals surface area (Å²) < 4.78 is 0. The van der Waals surface area contributed by atoms with Crippen LogP contribution < -0.4 is 10.6 Å². The smallest absolute Gasteiger partial charge is 0.222 e. The Hall–Kier alpha value is -1.59. The minimum atomic E-state index is -0.134. The molecular weight excluding hydrogens is 314 g/mol. The van der Waals surface area contributed by atoms with Crippen molar-refractivity contribution in [2.45, 2.75) is 31.7 Å². The molecule has 1 saturated heterocycles. The summed E-state index contributed by atoms with van der Waals surface area (Å²) in [6.07, 6.45) is 2.85. The maximum absolute atomic E-state index is 12.1. The van der Waals surface area contributed by atoms with Crippen molar-refractivity contribution >= 4 is 24.2 Å². The summed E-state index contributed by atoms with van der Waals surface area (Å²) in [6.45, 7) is 2.17. The molecule has 128 valence electrons. The SMILES string of the molecule is CNCCCC(=O)NC(CN1CCCC1=O)c1ccccc1.Cl. The number of likely N-dealkylation sites (tertiary alicyclic amines) is 1. The maximum atomic E-state index is 12.1. The zero-order valence-electron chi connectivity index (χ0n) is 13.6. The van der Waals surface area contributed by atoms with Gasteiger partial charge in [-0.25, -0.2) is 0 Å². The average molecular weight is 340 g/mol. The number of benzene rings is 1. The molecule has 23 heavy (non-hydrogen) atoms. The molecule has 0 aromatic heterocycles. The Labute approximate surface area is 144 Å². The highest BCUT2D eigenvalue weighted by atomic mass is 35.5. The first-order valence-corrected chi connectivity index (χ1v) is 7.97. The van der Waals surface area contributed by atoms with E-state index in [2.05, 4.69) is 10.6 Å². The van der Waals surface area contributed by atoms with E-state index in [9.17, 15) is 9.59 Å². The molecule has 0 aliphatic carbocycles. The van der Waals surface area contributed by atoms with E-state index in [4.69, 9.17) is 0 Å². The van der Waals surface area contributed by atoms with Gasteiger partial charge in [-0.3, -0.25) is 9.59 Å². The van der Waals surface area contributed by atoms with Gasteiger partial charge in [-0.15, -0.1) is 12.4 Å². The predicted molar refractivity (Wildman–Crippen MR) is 93.5 cm³/mol. The number of amides is 2. The van der Waals surface area contributed by atoms with Gasteiger partial charge < -0.3 is 15.5 Å². The summed E-state index contributed by atoms with van der Waals surface area (Å²) in [5.41, 5.74) is 1.05. The van der Waals surface area contributed by atoms with E-state index in [0.717, 1.165) is 31.5 Å². The van der Waals surface area contributed by atoms with Gasteiger partial charge in [-0.05, 0) is 32.0 Å². The lowest BCUT2D eigenvalue weighted by Gasteiger charge is -2.25. The molecule has 2 amide bonds. The Bertz CT molecular complexity index is 496. The minimum absolute atomic E-state index is 0. The van der Waals surface area contributed by atoms with E-state index in [0.29, 0.717) is 19.4 Å². The number of carbonyl (C=O) groups is 2. The zero-order chi connectivity index (χ0) is 15.8. The summed E-state index contributed by atoms with van der Waals surface area (Å²) in [5.74, 6) is 0.223. The molecule has 1 aliphatic heterocycles. The Balaban J connectivity index is 0.00000264. The van der Waals surface area contributed by atoms with Gasteiger partial charge in [0.25, 0.3) is 0 Å². The van der Waals surface area contributed by atoms with Crippen molar-refractivity contribution in [3.63, 3.8) is 0 Å². The predicted octanol–water partition coefficient (Wildman–Crippen LogP) is 1.89. The average Bonchev–Trinajstić information content (AvgIpc) is 2.93. The molecule has 1 atom stereocenters. The summed E-state index contributed by atoms with van der Waals surface area (Å²) in [5, 5.41) is 6.12. The second-order valence-corrected chi connectivity index (χ2v) is 5.68. The van der Waals surface area contributed by atoms with E-state index >= 15 is 0 Å². The van der Waals surface area contributed by atoms with E-state index in [1.54, 1.807) is 0 Å². The molecule has 1 aromatic rings. The number of hydrogen-bond acceptors (Lipinski definition) is 3. The maximum Gasteiger partial charge on any atom is 0.222 e. The summed E-state index contributed by atoms with van der Waals surface area (Å²) >= 11 is 0. The monoisotopic (exact) mass is 339 g/mol. The van der Waals surface area contributed by atoms with Crippen LogP contribution in [-0.4, -0.2) is 43.4 Å². The summed E-state index contributed by atoms with van der Waals surface area (Å²) in [4.78, 5) is 25.8. The van der Waals surface area contributed by atoms with Gasteiger partial charge in [0.05, 0.1) is 6.04 Å². The van der Waals surface area contributed by atoms with Gasteiger partial charge in [0.1, 0.15) is 0 Å². The van der Waals surface area contributed by atoms with Crippen LogP contribution in [0.3, 0.4) is 0 Å². The first-order chi connectivity index (χ1) is 10.7. The summed E-state index contributed by atoms with van der Waals surface area (Å²) in [6, 6.07) is 9.74. The Kier molecular flexibility index (Phi) is 8.66. The van der Waals surface area contributed by atoms with Crippen LogP contribution in [0.5, 0.6) is 0 Å². The molecule has 1 unspecified atom stereocenters. The number of halogens is 1. The van der Waals surface area contributed by atoms with E-state index in [1.165, 1.54) is 0 Å². The Morgan fingerprint density at radius 2 is 2.04 bits per heavy atom. The number of carbonyl (C=O) groups excluding carboxylic acids is 2. The Morgan fingerprint density at radius 1 is 1.30 bits per heavy atom. The van der Waals surface area contributed by atoms with Gasteiger partial charge in [-0.1, -0.05) is 30.3 Å². The standard InChI is InChI=1S/C17H25N3O2.ClH/c1-18-11-5-9-16(21)19-15(14-7-3-2-4-8-14)13-20-12-6-10-17(20)22;/h2-4,7-8,15,18H,5-6,9-13H2,1H3,(H,19,21);1H. The Morgan fingerprint density at radius 3 is 2.65 bits per heavy atom. The molecule has 6 heteroatoms. The second kappa shape index (κ2) is 10.2. The van der Waals surface area contributed by atoms with E-state index in [1.807, 2.05) is 42.3 Å². The van der Waals surface area contributed by atoms with Crippen LogP contribution in [0.2, 0.25) is 0 Å². The molecule has 0 radical (unpaired) electrons. The molecular formula is C17H26ClN3O2. The fraction of sp³-hybridized carbons (Fsp3) is 0.529. The number of nitrogens with zero attached hydrogens (tertiary/aromatic N) is 1. The quantitative estimate of drug-likeness (QED) is 0.711. The lowest BCUT2D eigenvalue weighted by Crippen LogP contribution is -2.38. The van der Waals surface area contributed by atoms with E-state index < -0.39 is 0 Å². The normalized spacial score (nSPS) is 15.2. The third kappa shape index (κ3) is 6.20. The van der Waals surface area contributed by atoms with Crippen LogP contribution in [-0.2, 0) is 9.59 Å². The highest BCUT2D eigenvalue weighted by molar-refractivity contribution is 5.85. The van der Waals surface area contributed by atoms with Gasteiger partial charge in [0.2, 0.25) is 11.8 Å². The molecule has 5 nitrogen and oxygen atoms in total. The van der Waals surface area contributed by atoms with Crippen molar-refractivity contribution in [3.05, 3.63) is 35.9 Å². The molecule has 1 heterocycles. The summed E-state index contributed by atoms with van der Waals surface area (Å²) in [7, 11) is 1.88. The van der Waals surface area contributed by atoms with Crippen molar-refractivity contribution in [2.75, 3.05) is 26.7 Å². The van der Waals surface area contributed by atoms with Crippen LogP contribution in [0.1, 0.15) is 37.3 Å².